The summed E-state index contributed by atoms with van der Waals surface area (Å²) in [5.41, 5.74) is 1.09. The van der Waals surface area contributed by atoms with Gasteiger partial charge in [-0.1, -0.05) is 5.57 Å². The second-order valence-corrected chi connectivity index (χ2v) is 3.41. The highest BCUT2D eigenvalue weighted by atomic mass is 16.3. The van der Waals surface area contributed by atoms with Gasteiger partial charge in [-0.2, -0.15) is 0 Å². The first-order valence-corrected chi connectivity index (χ1v) is 4.41. The van der Waals surface area contributed by atoms with Gasteiger partial charge < -0.3 is 9.67 Å². The SMILES string of the molecule is C=C(C)CCC(O)c1nccn1C. The van der Waals surface area contributed by atoms with Gasteiger partial charge in [0.2, 0.25) is 0 Å². The topological polar surface area (TPSA) is 38.1 Å². The summed E-state index contributed by atoms with van der Waals surface area (Å²) in [6.45, 7) is 5.76. The fraction of sp³-hybridized carbons (Fsp3) is 0.500. The minimum atomic E-state index is -0.475. The van der Waals surface area contributed by atoms with Crippen LogP contribution >= 0.6 is 0 Å². The van der Waals surface area contributed by atoms with Crippen molar-refractivity contribution in [2.24, 2.45) is 7.05 Å². The van der Waals surface area contributed by atoms with E-state index in [1.165, 1.54) is 0 Å². The Balaban J connectivity index is 2.53. The van der Waals surface area contributed by atoms with E-state index in [4.69, 9.17) is 0 Å². The van der Waals surface area contributed by atoms with E-state index in [-0.39, 0.29) is 0 Å². The fourth-order valence-corrected chi connectivity index (χ4v) is 1.21. The number of allylic oxidation sites excluding steroid dienone is 1. The lowest BCUT2D eigenvalue weighted by Gasteiger charge is -2.09. The number of nitrogens with zero attached hydrogens (tertiary/aromatic N) is 2. The van der Waals surface area contributed by atoms with Crippen molar-refractivity contribution in [1.82, 2.24) is 9.55 Å². The molecule has 1 aromatic heterocycles. The molecule has 1 N–H and O–H groups in total. The third-order valence-electron chi connectivity index (χ3n) is 2.00. The third kappa shape index (κ3) is 2.70. The molecule has 0 fully saturated rings. The molecule has 3 nitrogen and oxygen atoms in total. The van der Waals surface area contributed by atoms with Crippen LogP contribution < -0.4 is 0 Å². The quantitative estimate of drug-likeness (QED) is 0.717. The predicted molar refractivity (Wildman–Crippen MR) is 52.2 cm³/mol. The molecule has 1 atom stereocenters. The zero-order chi connectivity index (χ0) is 9.84. The molecule has 0 saturated carbocycles. The number of rotatable bonds is 4. The van der Waals surface area contributed by atoms with Crippen LogP contribution in [0.4, 0.5) is 0 Å². The fourth-order valence-electron chi connectivity index (χ4n) is 1.21. The summed E-state index contributed by atoms with van der Waals surface area (Å²) < 4.78 is 1.84. The Morgan fingerprint density at radius 2 is 2.46 bits per heavy atom. The molecule has 1 heterocycles. The molecule has 0 aromatic carbocycles. The van der Waals surface area contributed by atoms with E-state index in [9.17, 15) is 5.11 Å². The highest BCUT2D eigenvalue weighted by molar-refractivity contribution is 4.97. The number of aryl methyl sites for hydroxylation is 1. The molecule has 1 rings (SSSR count). The standard InChI is InChI=1S/C10H16N2O/c1-8(2)4-5-9(13)10-11-6-7-12(10)3/h6-7,9,13H,1,4-5H2,2-3H3. The molecule has 3 heteroatoms. The van der Waals surface area contributed by atoms with Crippen LogP contribution in [0.3, 0.4) is 0 Å². The van der Waals surface area contributed by atoms with Crippen molar-refractivity contribution in [2.45, 2.75) is 25.9 Å². The van der Waals surface area contributed by atoms with E-state index >= 15 is 0 Å². The van der Waals surface area contributed by atoms with Crippen LogP contribution in [-0.2, 0) is 7.05 Å². The normalized spacial score (nSPS) is 12.8. The van der Waals surface area contributed by atoms with Crippen LogP contribution in [0.1, 0.15) is 31.7 Å². The van der Waals surface area contributed by atoms with Crippen molar-refractivity contribution in [3.05, 3.63) is 30.4 Å². The zero-order valence-electron chi connectivity index (χ0n) is 8.20. The Morgan fingerprint density at radius 1 is 1.77 bits per heavy atom. The van der Waals surface area contributed by atoms with Crippen molar-refractivity contribution in [1.29, 1.82) is 0 Å². The van der Waals surface area contributed by atoms with Crippen LogP contribution in [0.2, 0.25) is 0 Å². The van der Waals surface area contributed by atoms with E-state index in [1.807, 2.05) is 24.7 Å². The number of hydrogen-bond acceptors (Lipinski definition) is 2. The maximum absolute atomic E-state index is 9.71. The first-order chi connectivity index (χ1) is 6.11. The highest BCUT2D eigenvalue weighted by Gasteiger charge is 2.11. The number of hydrogen-bond donors (Lipinski definition) is 1. The second-order valence-electron chi connectivity index (χ2n) is 3.41. The van der Waals surface area contributed by atoms with Crippen LogP contribution in [0, 0.1) is 0 Å². The first kappa shape index (κ1) is 9.99. The number of aromatic nitrogens is 2. The van der Waals surface area contributed by atoms with Gasteiger partial charge in [0.05, 0.1) is 0 Å². The van der Waals surface area contributed by atoms with Gasteiger partial charge in [-0.25, -0.2) is 4.98 Å². The Labute approximate surface area is 78.7 Å². The molecule has 0 saturated heterocycles. The minimum Gasteiger partial charge on any atom is -0.385 e. The predicted octanol–water partition coefficient (Wildman–Crippen LogP) is 1.81. The zero-order valence-corrected chi connectivity index (χ0v) is 8.20. The van der Waals surface area contributed by atoms with Gasteiger partial charge in [0.15, 0.2) is 0 Å². The molecular formula is C10H16N2O. The van der Waals surface area contributed by atoms with Crippen LogP contribution in [0.15, 0.2) is 24.5 Å². The Morgan fingerprint density at radius 3 is 2.92 bits per heavy atom. The molecule has 0 radical (unpaired) electrons. The van der Waals surface area contributed by atoms with E-state index in [1.54, 1.807) is 6.20 Å². The molecule has 0 spiro atoms. The summed E-state index contributed by atoms with van der Waals surface area (Å²) in [7, 11) is 1.88. The van der Waals surface area contributed by atoms with E-state index in [0.29, 0.717) is 6.42 Å². The largest absolute Gasteiger partial charge is 0.385 e. The molecule has 0 bridgehead atoms. The van der Waals surface area contributed by atoms with Gasteiger partial charge in [0.25, 0.3) is 0 Å². The van der Waals surface area contributed by atoms with Gasteiger partial charge in [0, 0.05) is 19.4 Å². The summed E-state index contributed by atoms with van der Waals surface area (Å²) in [5, 5.41) is 9.71. The number of aliphatic hydroxyl groups excluding tert-OH is 1. The maximum atomic E-state index is 9.71. The highest BCUT2D eigenvalue weighted by Crippen LogP contribution is 2.17. The summed E-state index contributed by atoms with van der Waals surface area (Å²) in [6.07, 6.45) is 4.59. The van der Waals surface area contributed by atoms with Gasteiger partial charge in [-0.3, -0.25) is 0 Å². The summed E-state index contributed by atoms with van der Waals surface area (Å²) in [5.74, 6) is 0.723. The van der Waals surface area contributed by atoms with Crippen molar-refractivity contribution >= 4 is 0 Å². The summed E-state index contributed by atoms with van der Waals surface area (Å²) in [6, 6.07) is 0. The molecule has 0 aliphatic rings. The van der Waals surface area contributed by atoms with Crippen molar-refractivity contribution in [3.63, 3.8) is 0 Å². The monoisotopic (exact) mass is 180 g/mol. The van der Waals surface area contributed by atoms with Crippen LogP contribution in [0.25, 0.3) is 0 Å². The van der Waals surface area contributed by atoms with Gasteiger partial charge in [0.1, 0.15) is 11.9 Å². The maximum Gasteiger partial charge on any atom is 0.137 e. The molecule has 13 heavy (non-hydrogen) atoms. The lowest BCUT2D eigenvalue weighted by Crippen LogP contribution is -2.05. The molecule has 0 amide bonds. The van der Waals surface area contributed by atoms with E-state index in [2.05, 4.69) is 11.6 Å². The minimum absolute atomic E-state index is 0.475. The molecule has 1 unspecified atom stereocenters. The van der Waals surface area contributed by atoms with Crippen molar-refractivity contribution < 1.29 is 5.11 Å². The first-order valence-electron chi connectivity index (χ1n) is 4.41. The smallest absolute Gasteiger partial charge is 0.137 e. The molecule has 72 valence electrons. The second kappa shape index (κ2) is 4.23. The lowest BCUT2D eigenvalue weighted by atomic mass is 10.1. The van der Waals surface area contributed by atoms with E-state index in [0.717, 1.165) is 17.8 Å². The average molecular weight is 180 g/mol. The molecule has 1 aromatic rings. The summed E-state index contributed by atoms with van der Waals surface area (Å²) >= 11 is 0. The Bertz CT molecular complexity index is 291. The van der Waals surface area contributed by atoms with Crippen molar-refractivity contribution in [3.8, 4) is 0 Å². The number of aliphatic hydroxyl groups is 1. The van der Waals surface area contributed by atoms with Gasteiger partial charge in [-0.05, 0) is 19.8 Å². The summed E-state index contributed by atoms with van der Waals surface area (Å²) in [4.78, 5) is 4.08. The van der Waals surface area contributed by atoms with Crippen molar-refractivity contribution in [2.75, 3.05) is 0 Å². The molecular weight excluding hydrogens is 164 g/mol. The lowest BCUT2D eigenvalue weighted by molar-refractivity contribution is 0.154. The Kier molecular flexibility index (Phi) is 3.25. The van der Waals surface area contributed by atoms with Crippen LogP contribution in [-0.4, -0.2) is 14.7 Å². The number of imidazole rings is 1. The van der Waals surface area contributed by atoms with Gasteiger partial charge in [-0.15, -0.1) is 6.58 Å². The average Bonchev–Trinajstić information content (AvgIpc) is 2.47. The molecule has 0 aliphatic heterocycles. The third-order valence-corrected chi connectivity index (χ3v) is 2.00. The van der Waals surface area contributed by atoms with E-state index < -0.39 is 6.10 Å². The molecule has 0 aliphatic carbocycles. The van der Waals surface area contributed by atoms with Gasteiger partial charge >= 0.3 is 0 Å². The van der Waals surface area contributed by atoms with Crippen LogP contribution in [0.5, 0.6) is 0 Å². The Hall–Kier alpha value is -1.09.